The molecular formula is C20H27F3N2O2S. The minimum absolute atomic E-state index is 0.0884. The monoisotopic (exact) mass is 416 g/mol. The number of hydrogen-bond acceptors (Lipinski definition) is 3. The Morgan fingerprint density at radius 2 is 1.93 bits per heavy atom. The lowest BCUT2D eigenvalue weighted by molar-refractivity contribution is -0.137. The molecule has 1 saturated heterocycles. The van der Waals surface area contributed by atoms with Crippen molar-refractivity contribution < 1.29 is 22.8 Å². The lowest BCUT2D eigenvalue weighted by Crippen LogP contribution is -2.38. The lowest BCUT2D eigenvalue weighted by Gasteiger charge is -2.32. The number of nitrogens with zero attached hydrogens (tertiary/aromatic N) is 1. The number of carbonyl (C=O) groups is 2. The summed E-state index contributed by atoms with van der Waals surface area (Å²) in [7, 11) is 0. The molecule has 4 nitrogen and oxygen atoms in total. The third-order valence-corrected chi connectivity index (χ3v) is 5.62. The second-order valence-corrected chi connectivity index (χ2v) is 8.07. The Kier molecular flexibility index (Phi) is 8.66. The molecule has 156 valence electrons. The van der Waals surface area contributed by atoms with Gasteiger partial charge in [-0.3, -0.25) is 9.59 Å². The molecule has 0 bridgehead atoms. The van der Waals surface area contributed by atoms with Crippen LogP contribution in [0, 0.1) is 5.92 Å². The van der Waals surface area contributed by atoms with Crippen molar-refractivity contribution in [1.82, 2.24) is 10.2 Å². The number of likely N-dealkylation sites (tertiary alicyclic amines) is 1. The van der Waals surface area contributed by atoms with Gasteiger partial charge in [0.2, 0.25) is 11.8 Å². The van der Waals surface area contributed by atoms with E-state index in [9.17, 15) is 22.8 Å². The number of halogens is 3. The molecule has 0 unspecified atom stereocenters. The minimum atomic E-state index is -4.38. The van der Waals surface area contributed by atoms with E-state index in [0.717, 1.165) is 50.2 Å². The summed E-state index contributed by atoms with van der Waals surface area (Å²) in [6, 6.07) is 4.99. The van der Waals surface area contributed by atoms with Gasteiger partial charge in [0.15, 0.2) is 0 Å². The largest absolute Gasteiger partial charge is 0.416 e. The van der Waals surface area contributed by atoms with Gasteiger partial charge in [0, 0.05) is 38.2 Å². The van der Waals surface area contributed by atoms with E-state index in [-0.39, 0.29) is 18.4 Å². The van der Waals surface area contributed by atoms with Crippen LogP contribution >= 0.6 is 11.8 Å². The minimum Gasteiger partial charge on any atom is -0.352 e. The number of amides is 2. The van der Waals surface area contributed by atoms with Crippen LogP contribution in [0.4, 0.5) is 13.2 Å². The molecule has 28 heavy (non-hydrogen) atoms. The summed E-state index contributed by atoms with van der Waals surface area (Å²) < 4.78 is 38.2. The van der Waals surface area contributed by atoms with Gasteiger partial charge in [-0.15, -0.1) is 0 Å². The second kappa shape index (κ2) is 10.7. The van der Waals surface area contributed by atoms with Crippen molar-refractivity contribution >= 4 is 23.6 Å². The van der Waals surface area contributed by atoms with E-state index in [0.29, 0.717) is 24.3 Å². The summed E-state index contributed by atoms with van der Waals surface area (Å²) in [5, 5.41) is 2.69. The number of hydrogen-bond donors (Lipinski definition) is 1. The third kappa shape index (κ3) is 7.37. The Morgan fingerprint density at radius 3 is 2.57 bits per heavy atom. The van der Waals surface area contributed by atoms with Crippen LogP contribution in [-0.2, 0) is 22.3 Å². The van der Waals surface area contributed by atoms with Crippen molar-refractivity contribution in [3.8, 4) is 0 Å². The average Bonchev–Trinajstić information content (AvgIpc) is 2.69. The molecule has 2 rings (SSSR count). The number of nitrogens with one attached hydrogen (secondary N) is 1. The number of thioether (sulfide) groups is 1. The SMILES string of the molecule is CSCCC(=O)N1CCC(CCC(=O)NCc2cccc(C(F)(F)F)c2)CC1. The molecule has 1 aliphatic heterocycles. The molecule has 8 heteroatoms. The van der Waals surface area contributed by atoms with Crippen LogP contribution in [0.5, 0.6) is 0 Å². The molecule has 1 aliphatic rings. The fourth-order valence-electron chi connectivity index (χ4n) is 3.30. The van der Waals surface area contributed by atoms with Gasteiger partial charge in [0.25, 0.3) is 0 Å². The van der Waals surface area contributed by atoms with E-state index in [1.165, 1.54) is 6.07 Å². The van der Waals surface area contributed by atoms with Crippen LogP contribution in [-0.4, -0.2) is 41.8 Å². The standard InChI is InChI=1S/C20H27F3N2O2S/c1-28-12-9-19(27)25-10-7-15(8-11-25)5-6-18(26)24-14-16-3-2-4-17(13-16)20(21,22)23/h2-4,13,15H,5-12,14H2,1H3,(H,24,26). The van der Waals surface area contributed by atoms with E-state index < -0.39 is 11.7 Å². The number of piperidine rings is 1. The van der Waals surface area contributed by atoms with Gasteiger partial charge in [-0.25, -0.2) is 0 Å². The molecule has 0 saturated carbocycles. The molecule has 1 N–H and O–H groups in total. The maximum absolute atomic E-state index is 12.7. The summed E-state index contributed by atoms with van der Waals surface area (Å²) in [4.78, 5) is 25.9. The van der Waals surface area contributed by atoms with Crippen LogP contribution < -0.4 is 5.32 Å². The zero-order chi connectivity index (χ0) is 20.6. The molecule has 0 radical (unpaired) electrons. The van der Waals surface area contributed by atoms with E-state index in [1.54, 1.807) is 17.8 Å². The predicted molar refractivity (Wildman–Crippen MR) is 105 cm³/mol. The molecule has 0 spiro atoms. The molecule has 0 atom stereocenters. The maximum Gasteiger partial charge on any atom is 0.416 e. The summed E-state index contributed by atoms with van der Waals surface area (Å²) in [6.45, 7) is 1.57. The van der Waals surface area contributed by atoms with Crippen LogP contribution in [0.3, 0.4) is 0 Å². The van der Waals surface area contributed by atoms with Gasteiger partial charge in [-0.2, -0.15) is 24.9 Å². The first-order chi connectivity index (χ1) is 13.3. The number of alkyl halides is 3. The Morgan fingerprint density at radius 1 is 1.21 bits per heavy atom. The molecule has 0 aliphatic carbocycles. The first kappa shape index (κ1) is 22.6. The molecule has 1 fully saturated rings. The topological polar surface area (TPSA) is 49.4 Å². The van der Waals surface area contributed by atoms with Crippen molar-refractivity contribution in [1.29, 1.82) is 0 Å². The molecule has 1 aromatic rings. The van der Waals surface area contributed by atoms with Crippen LogP contribution in [0.25, 0.3) is 0 Å². The van der Waals surface area contributed by atoms with E-state index >= 15 is 0 Å². The van der Waals surface area contributed by atoms with Gasteiger partial charge in [-0.1, -0.05) is 12.1 Å². The van der Waals surface area contributed by atoms with Crippen molar-refractivity contribution in [2.45, 2.75) is 44.8 Å². The average molecular weight is 417 g/mol. The molecule has 2 amide bonds. The van der Waals surface area contributed by atoms with E-state index in [2.05, 4.69) is 5.32 Å². The highest BCUT2D eigenvalue weighted by atomic mass is 32.2. The van der Waals surface area contributed by atoms with Crippen molar-refractivity contribution in [3.63, 3.8) is 0 Å². The summed E-state index contributed by atoms with van der Waals surface area (Å²) in [5.41, 5.74) is -0.279. The molecule has 1 heterocycles. The Balaban J connectivity index is 1.68. The third-order valence-electron chi connectivity index (χ3n) is 5.01. The first-order valence-electron chi connectivity index (χ1n) is 9.49. The second-order valence-electron chi connectivity index (χ2n) is 7.08. The number of carbonyl (C=O) groups excluding carboxylic acids is 2. The van der Waals surface area contributed by atoms with Crippen LogP contribution in [0.1, 0.15) is 43.2 Å². The lowest BCUT2D eigenvalue weighted by atomic mass is 9.92. The number of benzene rings is 1. The smallest absolute Gasteiger partial charge is 0.352 e. The molecule has 1 aromatic carbocycles. The van der Waals surface area contributed by atoms with E-state index in [4.69, 9.17) is 0 Å². The molecular weight excluding hydrogens is 389 g/mol. The fraction of sp³-hybridized carbons (Fsp3) is 0.600. The number of rotatable bonds is 8. The first-order valence-corrected chi connectivity index (χ1v) is 10.9. The highest BCUT2D eigenvalue weighted by Gasteiger charge is 2.30. The van der Waals surface area contributed by atoms with E-state index in [1.807, 2.05) is 11.2 Å². The zero-order valence-electron chi connectivity index (χ0n) is 16.1. The van der Waals surface area contributed by atoms with Gasteiger partial charge in [0.05, 0.1) is 5.56 Å². The Labute approximate surface area is 168 Å². The quantitative estimate of drug-likeness (QED) is 0.694. The summed E-state index contributed by atoms with van der Waals surface area (Å²) in [5.74, 6) is 1.29. The Hall–Kier alpha value is -1.70. The van der Waals surface area contributed by atoms with Crippen LogP contribution in [0.2, 0.25) is 0 Å². The van der Waals surface area contributed by atoms with Gasteiger partial charge in [-0.05, 0) is 49.1 Å². The highest BCUT2D eigenvalue weighted by molar-refractivity contribution is 7.98. The molecule has 0 aromatic heterocycles. The maximum atomic E-state index is 12.7. The summed E-state index contributed by atoms with van der Waals surface area (Å²) >= 11 is 1.66. The normalized spacial score (nSPS) is 15.5. The van der Waals surface area contributed by atoms with Gasteiger partial charge in [0.1, 0.15) is 0 Å². The predicted octanol–water partition coefficient (Wildman–Crippen LogP) is 4.09. The van der Waals surface area contributed by atoms with Gasteiger partial charge < -0.3 is 10.2 Å². The van der Waals surface area contributed by atoms with Crippen molar-refractivity contribution in [2.24, 2.45) is 5.92 Å². The van der Waals surface area contributed by atoms with Crippen molar-refractivity contribution in [3.05, 3.63) is 35.4 Å². The van der Waals surface area contributed by atoms with Crippen LogP contribution in [0.15, 0.2) is 24.3 Å². The fourth-order valence-corrected chi connectivity index (χ4v) is 3.68. The highest BCUT2D eigenvalue weighted by Crippen LogP contribution is 2.29. The van der Waals surface area contributed by atoms with Crippen molar-refractivity contribution in [2.75, 3.05) is 25.1 Å². The van der Waals surface area contributed by atoms with Gasteiger partial charge >= 0.3 is 6.18 Å². The summed E-state index contributed by atoms with van der Waals surface area (Å²) in [6.07, 6.45) is 1.05. The Bertz CT molecular complexity index is 659. The zero-order valence-corrected chi connectivity index (χ0v) is 16.9.